The quantitative estimate of drug-likeness (QED) is 0.900. The van der Waals surface area contributed by atoms with Crippen molar-refractivity contribution in [1.82, 2.24) is 14.5 Å². The van der Waals surface area contributed by atoms with Crippen molar-refractivity contribution in [2.75, 3.05) is 13.1 Å². The predicted octanol–water partition coefficient (Wildman–Crippen LogP) is 2.82. The number of hydrogen-bond acceptors (Lipinski definition) is 3. The minimum atomic E-state index is -0.367. The molecule has 2 fully saturated rings. The van der Waals surface area contributed by atoms with E-state index in [9.17, 15) is 14.4 Å². The molecule has 2 aromatic rings. The Hall–Kier alpha value is -2.37. The van der Waals surface area contributed by atoms with Crippen LogP contribution in [0, 0.1) is 0 Å². The van der Waals surface area contributed by atoms with Crippen LogP contribution in [0.5, 0.6) is 0 Å². The highest BCUT2D eigenvalue weighted by atomic mass is 16.2. The van der Waals surface area contributed by atoms with Crippen molar-refractivity contribution in [3.63, 3.8) is 0 Å². The van der Waals surface area contributed by atoms with Gasteiger partial charge in [0.2, 0.25) is 0 Å². The van der Waals surface area contributed by atoms with Crippen LogP contribution < -0.4 is 11.2 Å². The SMILES string of the molecule is O=C(c1ccc2c(=O)n(C3CCCC3)c(=O)[nH]c2c1)N1CCCCCC1. The van der Waals surface area contributed by atoms with Gasteiger partial charge in [0.25, 0.3) is 11.5 Å². The summed E-state index contributed by atoms with van der Waals surface area (Å²) < 4.78 is 1.37. The molecule has 1 aromatic heterocycles. The van der Waals surface area contributed by atoms with Crippen LogP contribution in [0.4, 0.5) is 0 Å². The number of aromatic amines is 1. The van der Waals surface area contributed by atoms with Gasteiger partial charge in [-0.15, -0.1) is 0 Å². The Bertz CT molecular complexity index is 929. The Morgan fingerprint density at radius 2 is 1.65 bits per heavy atom. The van der Waals surface area contributed by atoms with E-state index in [-0.39, 0.29) is 23.2 Å². The van der Waals surface area contributed by atoms with Crippen molar-refractivity contribution in [3.05, 3.63) is 44.6 Å². The number of H-pyrrole nitrogens is 1. The number of amides is 1. The van der Waals surface area contributed by atoms with Gasteiger partial charge in [-0.2, -0.15) is 0 Å². The minimum Gasteiger partial charge on any atom is -0.339 e. The molecule has 26 heavy (non-hydrogen) atoms. The molecule has 138 valence electrons. The number of aromatic nitrogens is 2. The standard InChI is InChI=1S/C20H25N3O3/c24-18(22-11-5-1-2-6-12-22)14-9-10-16-17(13-14)21-20(26)23(19(16)25)15-7-3-4-8-15/h9-10,13,15H,1-8,11-12H2,(H,21,26). The number of nitrogens with zero attached hydrogens (tertiary/aromatic N) is 2. The minimum absolute atomic E-state index is 0.00550. The Balaban J connectivity index is 1.71. The summed E-state index contributed by atoms with van der Waals surface area (Å²) in [5, 5.41) is 0.476. The Labute approximate surface area is 151 Å². The maximum atomic E-state index is 12.8. The summed E-state index contributed by atoms with van der Waals surface area (Å²) in [5.74, 6) is -0.0189. The fourth-order valence-corrected chi connectivity index (χ4v) is 4.32. The molecule has 0 spiro atoms. The fraction of sp³-hybridized carbons (Fsp3) is 0.550. The predicted molar refractivity (Wildman–Crippen MR) is 101 cm³/mol. The van der Waals surface area contributed by atoms with Crippen molar-refractivity contribution in [3.8, 4) is 0 Å². The second kappa shape index (κ2) is 7.09. The first-order valence-corrected chi connectivity index (χ1v) is 9.73. The zero-order valence-corrected chi connectivity index (χ0v) is 15.0. The van der Waals surface area contributed by atoms with Crippen molar-refractivity contribution in [1.29, 1.82) is 0 Å². The molecule has 6 heteroatoms. The van der Waals surface area contributed by atoms with Crippen LogP contribution in [0.2, 0.25) is 0 Å². The van der Waals surface area contributed by atoms with E-state index < -0.39 is 0 Å². The van der Waals surface area contributed by atoms with Crippen molar-refractivity contribution < 1.29 is 4.79 Å². The van der Waals surface area contributed by atoms with Crippen molar-refractivity contribution >= 4 is 16.8 Å². The van der Waals surface area contributed by atoms with Gasteiger partial charge in [-0.05, 0) is 43.9 Å². The topological polar surface area (TPSA) is 75.2 Å². The number of carbonyl (C=O) groups excluding carboxylic acids is 1. The van der Waals surface area contributed by atoms with E-state index in [4.69, 9.17) is 0 Å². The average Bonchev–Trinajstić information content (AvgIpc) is 3.02. The highest BCUT2D eigenvalue weighted by Crippen LogP contribution is 2.27. The van der Waals surface area contributed by atoms with Gasteiger partial charge >= 0.3 is 5.69 Å². The number of likely N-dealkylation sites (tertiary alicyclic amines) is 1. The number of carbonyl (C=O) groups is 1. The monoisotopic (exact) mass is 355 g/mol. The molecule has 1 saturated heterocycles. The maximum absolute atomic E-state index is 12.8. The average molecular weight is 355 g/mol. The largest absolute Gasteiger partial charge is 0.339 e. The lowest BCUT2D eigenvalue weighted by atomic mass is 10.1. The van der Waals surface area contributed by atoms with Gasteiger partial charge in [-0.25, -0.2) is 4.79 Å². The molecule has 1 saturated carbocycles. The van der Waals surface area contributed by atoms with Crippen molar-refractivity contribution in [2.24, 2.45) is 0 Å². The number of rotatable bonds is 2. The van der Waals surface area contributed by atoms with Crippen LogP contribution >= 0.6 is 0 Å². The van der Waals surface area contributed by atoms with Gasteiger partial charge in [0.1, 0.15) is 0 Å². The van der Waals surface area contributed by atoms with Gasteiger partial charge in [-0.3, -0.25) is 14.2 Å². The third kappa shape index (κ3) is 3.08. The van der Waals surface area contributed by atoms with Gasteiger partial charge in [-0.1, -0.05) is 25.7 Å². The number of benzene rings is 1. The molecule has 1 amide bonds. The van der Waals surface area contributed by atoms with E-state index in [1.165, 1.54) is 4.57 Å². The van der Waals surface area contributed by atoms with Crippen LogP contribution in [0.25, 0.3) is 10.9 Å². The lowest BCUT2D eigenvalue weighted by Gasteiger charge is -2.20. The second-order valence-corrected chi connectivity index (χ2v) is 7.51. The summed E-state index contributed by atoms with van der Waals surface area (Å²) in [4.78, 5) is 42.8. The van der Waals surface area contributed by atoms with Crippen LogP contribution in [0.15, 0.2) is 27.8 Å². The lowest BCUT2D eigenvalue weighted by Crippen LogP contribution is -2.37. The Morgan fingerprint density at radius 3 is 2.35 bits per heavy atom. The van der Waals surface area contributed by atoms with Gasteiger partial charge < -0.3 is 9.88 Å². The Morgan fingerprint density at radius 1 is 0.962 bits per heavy atom. The first-order chi connectivity index (χ1) is 12.6. The van der Waals surface area contributed by atoms with Crippen molar-refractivity contribution in [2.45, 2.75) is 57.4 Å². The van der Waals surface area contributed by atoms with Crippen LogP contribution in [0.1, 0.15) is 67.8 Å². The van der Waals surface area contributed by atoms with Crippen LogP contribution in [-0.2, 0) is 0 Å². The van der Waals surface area contributed by atoms with E-state index in [1.54, 1.807) is 18.2 Å². The van der Waals surface area contributed by atoms with Gasteiger partial charge in [0, 0.05) is 24.7 Å². The molecule has 0 unspecified atom stereocenters. The molecule has 0 radical (unpaired) electrons. The second-order valence-electron chi connectivity index (χ2n) is 7.51. The molecule has 1 aliphatic carbocycles. The highest BCUT2D eigenvalue weighted by Gasteiger charge is 2.22. The Kier molecular flexibility index (Phi) is 4.66. The van der Waals surface area contributed by atoms with Gasteiger partial charge in [0.05, 0.1) is 10.9 Å². The molecule has 1 N–H and O–H groups in total. The molecule has 1 aromatic carbocycles. The number of fused-ring (bicyclic) bond motifs is 1. The molecular formula is C20H25N3O3. The van der Waals surface area contributed by atoms with Crippen LogP contribution in [-0.4, -0.2) is 33.4 Å². The summed E-state index contributed by atoms with van der Waals surface area (Å²) in [6, 6.07) is 5.05. The molecule has 0 bridgehead atoms. The normalized spacial score (nSPS) is 19.0. The summed E-state index contributed by atoms with van der Waals surface area (Å²) in [7, 11) is 0. The van der Waals surface area contributed by atoms with E-state index in [1.807, 2.05) is 4.90 Å². The smallest absolute Gasteiger partial charge is 0.329 e. The maximum Gasteiger partial charge on any atom is 0.329 e. The summed E-state index contributed by atoms with van der Waals surface area (Å²) in [6.45, 7) is 1.55. The summed E-state index contributed by atoms with van der Waals surface area (Å²) in [6.07, 6.45) is 8.24. The summed E-state index contributed by atoms with van der Waals surface area (Å²) in [5.41, 5.74) is 0.376. The molecule has 2 heterocycles. The van der Waals surface area contributed by atoms with E-state index in [2.05, 4.69) is 4.98 Å². The van der Waals surface area contributed by atoms with E-state index in [0.717, 1.165) is 64.5 Å². The molecule has 0 atom stereocenters. The zero-order chi connectivity index (χ0) is 18.1. The molecule has 2 aliphatic rings. The fourth-order valence-electron chi connectivity index (χ4n) is 4.32. The first-order valence-electron chi connectivity index (χ1n) is 9.73. The zero-order valence-electron chi connectivity index (χ0n) is 15.0. The molecular weight excluding hydrogens is 330 g/mol. The number of nitrogens with one attached hydrogen (secondary N) is 1. The lowest BCUT2D eigenvalue weighted by molar-refractivity contribution is 0.0762. The van der Waals surface area contributed by atoms with E-state index in [0.29, 0.717) is 16.5 Å². The molecule has 1 aliphatic heterocycles. The highest BCUT2D eigenvalue weighted by molar-refractivity contribution is 5.97. The van der Waals surface area contributed by atoms with Crippen LogP contribution in [0.3, 0.4) is 0 Å². The van der Waals surface area contributed by atoms with E-state index >= 15 is 0 Å². The third-order valence-corrected chi connectivity index (χ3v) is 5.76. The molecule has 6 nitrogen and oxygen atoms in total. The third-order valence-electron chi connectivity index (χ3n) is 5.76. The summed E-state index contributed by atoms with van der Waals surface area (Å²) >= 11 is 0. The number of hydrogen-bond donors (Lipinski definition) is 1. The van der Waals surface area contributed by atoms with Gasteiger partial charge in [0.15, 0.2) is 0 Å². The molecule has 4 rings (SSSR count). The first kappa shape index (κ1) is 17.1.